The lowest BCUT2D eigenvalue weighted by Crippen LogP contribution is -2.35. The Morgan fingerprint density at radius 2 is 1.89 bits per heavy atom. The molecule has 1 aromatic rings. The summed E-state index contributed by atoms with van der Waals surface area (Å²) in [7, 11) is 1.67. The molecule has 106 valence electrons. The van der Waals surface area contributed by atoms with Gasteiger partial charge in [0.25, 0.3) is 0 Å². The van der Waals surface area contributed by atoms with Crippen LogP contribution >= 0.6 is 0 Å². The van der Waals surface area contributed by atoms with Crippen LogP contribution in [0.2, 0.25) is 0 Å². The van der Waals surface area contributed by atoms with Crippen LogP contribution in [0.25, 0.3) is 0 Å². The predicted molar refractivity (Wildman–Crippen MR) is 77.9 cm³/mol. The molecule has 0 amide bonds. The van der Waals surface area contributed by atoms with Gasteiger partial charge in [-0.25, -0.2) is 0 Å². The van der Waals surface area contributed by atoms with Gasteiger partial charge in [-0.3, -0.25) is 0 Å². The van der Waals surface area contributed by atoms with Crippen molar-refractivity contribution in [3.63, 3.8) is 0 Å². The Morgan fingerprint density at radius 3 is 2.58 bits per heavy atom. The molecule has 1 aromatic carbocycles. The summed E-state index contributed by atoms with van der Waals surface area (Å²) in [5, 5.41) is 3.57. The van der Waals surface area contributed by atoms with E-state index in [1.165, 1.54) is 25.7 Å². The van der Waals surface area contributed by atoms with Crippen LogP contribution in [0.15, 0.2) is 24.3 Å². The third-order valence-corrected chi connectivity index (χ3v) is 4.00. The Hall–Kier alpha value is -1.22. The number of rotatable bonds is 7. The van der Waals surface area contributed by atoms with E-state index < -0.39 is 0 Å². The van der Waals surface area contributed by atoms with Crippen molar-refractivity contribution < 1.29 is 9.47 Å². The highest BCUT2D eigenvalue weighted by atomic mass is 16.5. The van der Waals surface area contributed by atoms with Crippen LogP contribution < -0.4 is 14.8 Å². The molecule has 3 heteroatoms. The van der Waals surface area contributed by atoms with Gasteiger partial charge in [-0.1, -0.05) is 25.0 Å². The standard InChI is InChI=1S/C16H25NO2/c1-13(14-7-3-4-8-14)17-11-12-19-16-10-6-5-9-15(16)18-2/h5-6,9-10,13-14,17H,3-4,7-8,11-12H2,1-2H3/t13-/m0/s1. The van der Waals surface area contributed by atoms with Crippen molar-refractivity contribution in [3.8, 4) is 11.5 Å². The summed E-state index contributed by atoms with van der Waals surface area (Å²) >= 11 is 0. The van der Waals surface area contributed by atoms with Crippen molar-refractivity contribution in [1.29, 1.82) is 0 Å². The number of hydrogen-bond donors (Lipinski definition) is 1. The lowest BCUT2D eigenvalue weighted by atomic mass is 10.00. The van der Waals surface area contributed by atoms with Gasteiger partial charge in [-0.15, -0.1) is 0 Å². The Bertz CT molecular complexity index is 375. The molecule has 1 fully saturated rings. The lowest BCUT2D eigenvalue weighted by Gasteiger charge is -2.20. The first-order valence-corrected chi connectivity index (χ1v) is 7.30. The Balaban J connectivity index is 1.68. The molecule has 1 aliphatic rings. The van der Waals surface area contributed by atoms with E-state index in [0.717, 1.165) is 24.0 Å². The highest BCUT2D eigenvalue weighted by molar-refractivity contribution is 5.39. The first-order chi connectivity index (χ1) is 9.31. The Morgan fingerprint density at radius 1 is 1.21 bits per heavy atom. The summed E-state index contributed by atoms with van der Waals surface area (Å²) in [6.07, 6.45) is 5.55. The van der Waals surface area contributed by atoms with E-state index in [1.54, 1.807) is 7.11 Å². The molecule has 3 nitrogen and oxygen atoms in total. The number of hydrogen-bond acceptors (Lipinski definition) is 3. The quantitative estimate of drug-likeness (QED) is 0.766. The van der Waals surface area contributed by atoms with Crippen molar-refractivity contribution in [1.82, 2.24) is 5.32 Å². The first kappa shape index (κ1) is 14.2. The molecule has 0 aliphatic heterocycles. The lowest BCUT2D eigenvalue weighted by molar-refractivity contribution is 0.276. The van der Waals surface area contributed by atoms with Gasteiger partial charge in [0.15, 0.2) is 11.5 Å². The van der Waals surface area contributed by atoms with Crippen LogP contribution in [0.5, 0.6) is 11.5 Å². The van der Waals surface area contributed by atoms with Crippen molar-refractivity contribution in [2.24, 2.45) is 5.92 Å². The number of ether oxygens (including phenoxy) is 2. The molecule has 19 heavy (non-hydrogen) atoms. The molecule has 2 rings (SSSR count). The smallest absolute Gasteiger partial charge is 0.161 e. The van der Waals surface area contributed by atoms with Crippen molar-refractivity contribution >= 4 is 0 Å². The average molecular weight is 263 g/mol. The molecule has 0 saturated heterocycles. The van der Waals surface area contributed by atoms with E-state index in [9.17, 15) is 0 Å². The molecule has 0 bridgehead atoms. The summed E-state index contributed by atoms with van der Waals surface area (Å²) in [6.45, 7) is 3.85. The highest BCUT2D eigenvalue weighted by Gasteiger charge is 2.20. The van der Waals surface area contributed by atoms with E-state index >= 15 is 0 Å². The maximum Gasteiger partial charge on any atom is 0.161 e. The molecular formula is C16H25NO2. The van der Waals surface area contributed by atoms with Crippen LogP contribution in [0.1, 0.15) is 32.6 Å². The molecule has 0 heterocycles. The van der Waals surface area contributed by atoms with Crippen LogP contribution in [-0.2, 0) is 0 Å². The van der Waals surface area contributed by atoms with Gasteiger partial charge in [0.2, 0.25) is 0 Å². The summed E-state index contributed by atoms with van der Waals surface area (Å²) < 4.78 is 11.0. The third kappa shape index (κ3) is 4.13. The maximum atomic E-state index is 5.75. The van der Waals surface area contributed by atoms with Crippen LogP contribution in [0.4, 0.5) is 0 Å². The van der Waals surface area contributed by atoms with Crippen LogP contribution in [0, 0.1) is 5.92 Å². The van der Waals surface area contributed by atoms with E-state index in [2.05, 4.69) is 12.2 Å². The fourth-order valence-corrected chi connectivity index (χ4v) is 2.81. The second-order valence-electron chi connectivity index (χ2n) is 5.29. The molecule has 1 N–H and O–H groups in total. The average Bonchev–Trinajstić information content (AvgIpc) is 2.98. The third-order valence-electron chi connectivity index (χ3n) is 4.00. The molecule has 1 saturated carbocycles. The summed E-state index contributed by atoms with van der Waals surface area (Å²) in [6, 6.07) is 8.38. The van der Waals surface area contributed by atoms with E-state index in [0.29, 0.717) is 12.6 Å². The predicted octanol–water partition coefficient (Wildman–Crippen LogP) is 3.24. The second-order valence-corrected chi connectivity index (χ2v) is 5.29. The minimum atomic E-state index is 0.601. The van der Waals surface area contributed by atoms with Gasteiger partial charge in [-0.05, 0) is 37.8 Å². The number of nitrogens with one attached hydrogen (secondary N) is 1. The topological polar surface area (TPSA) is 30.5 Å². The SMILES string of the molecule is COc1ccccc1OCCN[C@@H](C)C1CCCC1. The fraction of sp³-hybridized carbons (Fsp3) is 0.625. The minimum absolute atomic E-state index is 0.601. The molecular weight excluding hydrogens is 238 g/mol. The largest absolute Gasteiger partial charge is 0.493 e. The van der Waals surface area contributed by atoms with Crippen molar-refractivity contribution in [2.75, 3.05) is 20.3 Å². The summed E-state index contributed by atoms with van der Waals surface area (Å²) in [4.78, 5) is 0. The zero-order chi connectivity index (χ0) is 13.5. The van der Waals surface area contributed by atoms with Crippen molar-refractivity contribution in [3.05, 3.63) is 24.3 Å². The second kappa shape index (κ2) is 7.39. The molecule has 0 aromatic heterocycles. The van der Waals surface area contributed by atoms with Gasteiger partial charge < -0.3 is 14.8 Å². The summed E-state index contributed by atoms with van der Waals surface area (Å²) in [5.41, 5.74) is 0. The maximum absolute atomic E-state index is 5.75. The molecule has 0 radical (unpaired) electrons. The zero-order valence-corrected chi connectivity index (χ0v) is 12.0. The molecule has 1 aliphatic carbocycles. The number of methoxy groups -OCH3 is 1. The van der Waals surface area contributed by atoms with Gasteiger partial charge in [0, 0.05) is 12.6 Å². The Kier molecular flexibility index (Phi) is 5.52. The van der Waals surface area contributed by atoms with Gasteiger partial charge in [0.05, 0.1) is 7.11 Å². The molecule has 0 spiro atoms. The molecule has 0 unspecified atom stereocenters. The van der Waals surface area contributed by atoms with E-state index in [4.69, 9.17) is 9.47 Å². The fourth-order valence-electron chi connectivity index (χ4n) is 2.81. The van der Waals surface area contributed by atoms with Crippen LogP contribution in [-0.4, -0.2) is 26.3 Å². The Labute approximate surface area is 116 Å². The normalized spacial score (nSPS) is 17.4. The highest BCUT2D eigenvalue weighted by Crippen LogP contribution is 2.27. The van der Waals surface area contributed by atoms with E-state index in [-0.39, 0.29) is 0 Å². The number of para-hydroxylation sites is 2. The van der Waals surface area contributed by atoms with Gasteiger partial charge in [-0.2, -0.15) is 0 Å². The first-order valence-electron chi connectivity index (χ1n) is 7.30. The van der Waals surface area contributed by atoms with Crippen molar-refractivity contribution in [2.45, 2.75) is 38.6 Å². The monoisotopic (exact) mass is 263 g/mol. The minimum Gasteiger partial charge on any atom is -0.493 e. The van der Waals surface area contributed by atoms with Crippen LogP contribution in [0.3, 0.4) is 0 Å². The van der Waals surface area contributed by atoms with Gasteiger partial charge >= 0.3 is 0 Å². The summed E-state index contributed by atoms with van der Waals surface area (Å²) in [5.74, 6) is 2.47. The van der Waals surface area contributed by atoms with E-state index in [1.807, 2.05) is 24.3 Å². The van der Waals surface area contributed by atoms with Gasteiger partial charge in [0.1, 0.15) is 6.61 Å². The zero-order valence-electron chi connectivity index (χ0n) is 12.0. The number of benzene rings is 1. The molecule has 1 atom stereocenters.